The van der Waals surface area contributed by atoms with Crippen molar-refractivity contribution in [2.24, 2.45) is 15.7 Å². The van der Waals surface area contributed by atoms with Crippen LogP contribution in [0.4, 0.5) is 0 Å². The molecule has 0 spiro atoms. The molecule has 1 aromatic carbocycles. The molecule has 0 heterocycles. The Morgan fingerprint density at radius 3 is 2.80 bits per heavy atom. The van der Waals surface area contributed by atoms with Crippen molar-refractivity contribution in [3.8, 4) is 5.75 Å². The smallest absolute Gasteiger partial charge is 0.119 e. The molecule has 1 unspecified atom stereocenters. The van der Waals surface area contributed by atoms with Crippen LogP contribution in [0.15, 0.2) is 53.0 Å². The maximum absolute atomic E-state index is 5.91. The molecule has 1 aromatic rings. The third-order valence-corrected chi connectivity index (χ3v) is 2.80. The van der Waals surface area contributed by atoms with E-state index in [-0.39, 0.29) is 6.10 Å². The third kappa shape index (κ3) is 6.73. The standard InChI is InChI=1S/C16H23N3O/c1-3-14(2)19-11-7-10-16(12-18-13-17)20-15-8-5-4-6-9-15/h3-6,8-9,13,16H,1,7,10-12H2,2H3,(H2,17,18). The number of benzene rings is 1. The first-order chi connectivity index (χ1) is 9.76. The molecule has 0 aliphatic heterocycles. The van der Waals surface area contributed by atoms with Crippen molar-refractivity contribution in [1.82, 2.24) is 0 Å². The molecular formula is C16H23N3O. The van der Waals surface area contributed by atoms with Crippen LogP contribution in [0, 0.1) is 0 Å². The first kappa shape index (κ1) is 16.0. The Labute approximate surface area is 121 Å². The van der Waals surface area contributed by atoms with Gasteiger partial charge in [0.25, 0.3) is 0 Å². The zero-order valence-corrected chi connectivity index (χ0v) is 12.0. The van der Waals surface area contributed by atoms with Gasteiger partial charge in [0.15, 0.2) is 0 Å². The maximum Gasteiger partial charge on any atom is 0.119 e. The number of nitrogens with zero attached hydrogens (tertiary/aromatic N) is 2. The molecule has 1 atom stereocenters. The lowest BCUT2D eigenvalue weighted by molar-refractivity contribution is 0.197. The van der Waals surface area contributed by atoms with Crippen molar-refractivity contribution < 1.29 is 4.74 Å². The molecule has 4 heteroatoms. The summed E-state index contributed by atoms with van der Waals surface area (Å²) in [5.41, 5.74) is 6.27. The first-order valence-electron chi connectivity index (χ1n) is 6.81. The van der Waals surface area contributed by atoms with Crippen LogP contribution in [0.25, 0.3) is 0 Å². The summed E-state index contributed by atoms with van der Waals surface area (Å²) in [6.45, 7) is 6.97. The van der Waals surface area contributed by atoms with Crippen molar-refractivity contribution >= 4 is 12.1 Å². The van der Waals surface area contributed by atoms with Crippen molar-refractivity contribution in [2.75, 3.05) is 13.1 Å². The predicted octanol–water partition coefficient (Wildman–Crippen LogP) is 2.85. The van der Waals surface area contributed by atoms with Crippen molar-refractivity contribution in [3.05, 3.63) is 43.0 Å². The largest absolute Gasteiger partial charge is 0.489 e. The highest BCUT2D eigenvalue weighted by atomic mass is 16.5. The quantitative estimate of drug-likeness (QED) is 0.427. The summed E-state index contributed by atoms with van der Waals surface area (Å²) in [6.07, 6.45) is 4.94. The van der Waals surface area contributed by atoms with Gasteiger partial charge in [0.2, 0.25) is 0 Å². The number of allylic oxidation sites excluding steroid dienone is 1. The highest BCUT2D eigenvalue weighted by molar-refractivity contribution is 5.92. The molecule has 0 saturated carbocycles. The van der Waals surface area contributed by atoms with Crippen LogP contribution in [-0.2, 0) is 0 Å². The van der Waals surface area contributed by atoms with Crippen LogP contribution >= 0.6 is 0 Å². The maximum atomic E-state index is 5.91. The van der Waals surface area contributed by atoms with Crippen molar-refractivity contribution in [3.63, 3.8) is 0 Å². The lowest BCUT2D eigenvalue weighted by Crippen LogP contribution is -2.21. The third-order valence-electron chi connectivity index (χ3n) is 2.80. The van der Waals surface area contributed by atoms with E-state index in [4.69, 9.17) is 10.5 Å². The highest BCUT2D eigenvalue weighted by Gasteiger charge is 2.09. The van der Waals surface area contributed by atoms with Crippen molar-refractivity contribution in [1.29, 1.82) is 0 Å². The van der Waals surface area contributed by atoms with Gasteiger partial charge < -0.3 is 10.5 Å². The van der Waals surface area contributed by atoms with Gasteiger partial charge >= 0.3 is 0 Å². The van der Waals surface area contributed by atoms with Gasteiger partial charge in [0, 0.05) is 12.3 Å². The number of nitrogens with two attached hydrogens (primary N) is 1. The fourth-order valence-corrected chi connectivity index (χ4v) is 1.70. The van der Waals surface area contributed by atoms with Crippen LogP contribution in [0.5, 0.6) is 5.75 Å². The normalized spacial score (nSPS) is 13.3. The van der Waals surface area contributed by atoms with E-state index in [1.165, 1.54) is 6.34 Å². The summed E-state index contributed by atoms with van der Waals surface area (Å²) in [4.78, 5) is 8.46. The molecule has 20 heavy (non-hydrogen) atoms. The zero-order valence-electron chi connectivity index (χ0n) is 12.0. The number of para-hydroxylation sites is 1. The molecule has 0 bridgehead atoms. The molecule has 0 aromatic heterocycles. The Kier molecular flexibility index (Phi) is 7.80. The van der Waals surface area contributed by atoms with Gasteiger partial charge in [-0.15, -0.1) is 0 Å². The molecule has 0 radical (unpaired) electrons. The number of hydrogen-bond acceptors (Lipinski definition) is 3. The average molecular weight is 273 g/mol. The molecule has 0 aliphatic rings. The molecule has 4 nitrogen and oxygen atoms in total. The van der Waals surface area contributed by atoms with Gasteiger partial charge in [-0.25, -0.2) is 0 Å². The lowest BCUT2D eigenvalue weighted by atomic mass is 10.2. The van der Waals surface area contributed by atoms with Gasteiger partial charge in [-0.1, -0.05) is 24.8 Å². The summed E-state index contributed by atoms with van der Waals surface area (Å²) in [7, 11) is 0. The molecule has 108 valence electrons. The molecular weight excluding hydrogens is 250 g/mol. The summed E-state index contributed by atoms with van der Waals surface area (Å²) >= 11 is 0. The van der Waals surface area contributed by atoms with E-state index in [9.17, 15) is 0 Å². The molecule has 1 rings (SSSR count). The second-order valence-corrected chi connectivity index (χ2v) is 4.44. The summed E-state index contributed by atoms with van der Waals surface area (Å²) in [6, 6.07) is 9.76. The van der Waals surface area contributed by atoms with E-state index in [2.05, 4.69) is 16.6 Å². The number of ether oxygens (including phenoxy) is 1. The molecule has 2 N–H and O–H groups in total. The second kappa shape index (κ2) is 9.78. The van der Waals surface area contributed by atoms with Crippen LogP contribution in [0.1, 0.15) is 19.8 Å². The average Bonchev–Trinajstić information content (AvgIpc) is 2.49. The monoisotopic (exact) mass is 273 g/mol. The van der Waals surface area contributed by atoms with Gasteiger partial charge in [-0.2, -0.15) is 0 Å². The van der Waals surface area contributed by atoms with Gasteiger partial charge in [-0.3, -0.25) is 9.98 Å². The van der Waals surface area contributed by atoms with Gasteiger partial charge in [-0.05, 0) is 38.0 Å². The second-order valence-electron chi connectivity index (χ2n) is 4.44. The van der Waals surface area contributed by atoms with E-state index < -0.39 is 0 Å². The van der Waals surface area contributed by atoms with E-state index in [0.717, 1.165) is 30.8 Å². The van der Waals surface area contributed by atoms with Gasteiger partial charge in [0.1, 0.15) is 11.9 Å². The topological polar surface area (TPSA) is 60.0 Å². The zero-order chi connectivity index (χ0) is 14.6. The number of rotatable bonds is 9. The summed E-state index contributed by atoms with van der Waals surface area (Å²) < 4.78 is 5.91. The predicted molar refractivity (Wildman–Crippen MR) is 85.8 cm³/mol. The minimum Gasteiger partial charge on any atom is -0.489 e. The van der Waals surface area contributed by atoms with E-state index in [0.29, 0.717) is 6.54 Å². The fraction of sp³-hybridized carbons (Fsp3) is 0.375. The van der Waals surface area contributed by atoms with Crippen LogP contribution in [-0.4, -0.2) is 31.2 Å². The Hall–Kier alpha value is -2.10. The van der Waals surface area contributed by atoms with E-state index >= 15 is 0 Å². The molecule has 0 fully saturated rings. The Bertz CT molecular complexity index is 440. The molecule has 0 saturated heterocycles. The van der Waals surface area contributed by atoms with Gasteiger partial charge in [0.05, 0.1) is 12.9 Å². The number of aliphatic imine (C=N–C) groups is 2. The summed E-state index contributed by atoms with van der Waals surface area (Å²) in [5.74, 6) is 0.857. The first-order valence-corrected chi connectivity index (χ1v) is 6.81. The van der Waals surface area contributed by atoms with Crippen LogP contribution in [0.2, 0.25) is 0 Å². The van der Waals surface area contributed by atoms with E-state index in [1.807, 2.05) is 37.3 Å². The molecule has 0 amide bonds. The van der Waals surface area contributed by atoms with Crippen LogP contribution in [0.3, 0.4) is 0 Å². The van der Waals surface area contributed by atoms with E-state index in [1.54, 1.807) is 6.08 Å². The lowest BCUT2D eigenvalue weighted by Gasteiger charge is -2.17. The van der Waals surface area contributed by atoms with Crippen molar-refractivity contribution in [2.45, 2.75) is 25.9 Å². The number of hydrogen-bond donors (Lipinski definition) is 1. The summed E-state index contributed by atoms with van der Waals surface area (Å²) in [5, 5.41) is 0. The highest BCUT2D eigenvalue weighted by Crippen LogP contribution is 2.14. The Morgan fingerprint density at radius 1 is 1.40 bits per heavy atom. The van der Waals surface area contributed by atoms with Crippen LogP contribution < -0.4 is 10.5 Å². The Balaban J connectivity index is 2.45. The minimum absolute atomic E-state index is 0.0245. The molecule has 0 aliphatic carbocycles. The minimum atomic E-state index is 0.0245. The SMILES string of the molecule is C=CC(C)=NCCCC(CN=CN)Oc1ccccc1. The Morgan fingerprint density at radius 2 is 2.15 bits per heavy atom. The fourth-order valence-electron chi connectivity index (χ4n) is 1.70.